The predicted molar refractivity (Wildman–Crippen MR) is 109 cm³/mol. The number of amides is 1. The van der Waals surface area contributed by atoms with Crippen LogP contribution in [0.1, 0.15) is 37.2 Å². The van der Waals surface area contributed by atoms with Gasteiger partial charge in [0.1, 0.15) is 11.5 Å². The number of carbonyl (C=O) groups is 1. The lowest BCUT2D eigenvalue weighted by Crippen LogP contribution is -2.31. The van der Waals surface area contributed by atoms with E-state index in [-0.39, 0.29) is 29.2 Å². The lowest BCUT2D eigenvalue weighted by atomic mass is 9.74. The monoisotopic (exact) mass is 440 g/mol. The zero-order chi connectivity index (χ0) is 21.7. The molecule has 3 N–H and O–H groups in total. The smallest absolute Gasteiger partial charge is 0.496 e. The fourth-order valence-electron chi connectivity index (χ4n) is 3.89. The molecule has 2 unspecified atom stereocenters. The molecule has 3 rings (SSSR count). The number of nitrogens with one attached hydrogen (secondary N) is 1. The van der Waals surface area contributed by atoms with Crippen LogP contribution in [-0.2, 0) is 4.79 Å². The second-order valence-electron chi connectivity index (χ2n) is 7.08. The van der Waals surface area contributed by atoms with Crippen LogP contribution in [0.2, 0.25) is 0 Å². The van der Waals surface area contributed by atoms with Crippen LogP contribution in [0.4, 0.5) is 18.9 Å². The minimum absolute atomic E-state index is 0.128. The number of carbonyl (C=O) groups excluding carboxylic acids is 1. The van der Waals surface area contributed by atoms with Crippen molar-refractivity contribution in [1.29, 1.82) is 0 Å². The second-order valence-corrected chi connectivity index (χ2v) is 7.79. The van der Waals surface area contributed by atoms with E-state index < -0.39 is 6.36 Å². The standard InChI is InChI=1S/C21H23F3N2O3S/c1-28-19-12-14(29-21(22,23)24)9-10-17(19)16-7-2-3-8-18(16)20(27)26-13-5-4-6-15(11-13)30-25/h4-6,9-12,16,18H,2-3,7-8,25H2,1H3,(H,26,27). The molecule has 2 aromatic carbocycles. The predicted octanol–water partition coefficient (Wildman–Crippen LogP) is 5.47. The quantitative estimate of drug-likeness (QED) is 0.583. The van der Waals surface area contributed by atoms with Crippen molar-refractivity contribution >= 4 is 23.5 Å². The van der Waals surface area contributed by atoms with Crippen LogP contribution in [0.5, 0.6) is 11.5 Å². The van der Waals surface area contributed by atoms with Gasteiger partial charge in [-0.05, 0) is 60.5 Å². The van der Waals surface area contributed by atoms with E-state index in [0.29, 0.717) is 17.7 Å². The van der Waals surface area contributed by atoms with Gasteiger partial charge in [-0.1, -0.05) is 25.0 Å². The number of ether oxygens (including phenoxy) is 2. The molecule has 0 radical (unpaired) electrons. The molecule has 2 aromatic rings. The SMILES string of the molecule is COc1cc(OC(F)(F)F)ccc1C1CCCCC1C(=O)Nc1cccc(SN)c1. The highest BCUT2D eigenvalue weighted by Crippen LogP contribution is 2.43. The van der Waals surface area contributed by atoms with Crippen molar-refractivity contribution in [3.05, 3.63) is 48.0 Å². The molecular weight excluding hydrogens is 417 g/mol. The first-order valence-corrected chi connectivity index (χ1v) is 10.4. The topological polar surface area (TPSA) is 73.6 Å². The van der Waals surface area contributed by atoms with Crippen molar-refractivity contribution in [2.45, 2.75) is 42.9 Å². The lowest BCUT2D eigenvalue weighted by Gasteiger charge is -2.32. The van der Waals surface area contributed by atoms with Gasteiger partial charge < -0.3 is 14.8 Å². The molecule has 0 bridgehead atoms. The Morgan fingerprint density at radius 2 is 1.93 bits per heavy atom. The molecule has 1 aliphatic carbocycles. The highest BCUT2D eigenvalue weighted by molar-refractivity contribution is 7.97. The zero-order valence-electron chi connectivity index (χ0n) is 16.4. The van der Waals surface area contributed by atoms with Crippen LogP contribution in [0, 0.1) is 5.92 Å². The number of hydrogen-bond donors (Lipinski definition) is 2. The van der Waals surface area contributed by atoms with Gasteiger partial charge in [0.05, 0.1) is 7.11 Å². The number of methoxy groups -OCH3 is 1. The van der Waals surface area contributed by atoms with Crippen molar-refractivity contribution in [3.63, 3.8) is 0 Å². The van der Waals surface area contributed by atoms with E-state index in [1.807, 2.05) is 12.1 Å². The molecule has 1 aliphatic rings. The summed E-state index contributed by atoms with van der Waals surface area (Å²) in [6.07, 6.45) is -1.52. The molecular formula is C21H23F3N2O3S. The number of rotatable bonds is 6. The molecule has 9 heteroatoms. The molecule has 162 valence electrons. The summed E-state index contributed by atoms with van der Waals surface area (Å²) in [5, 5.41) is 8.53. The summed E-state index contributed by atoms with van der Waals surface area (Å²) in [5.74, 6) is -0.688. The number of alkyl halides is 3. The maximum Gasteiger partial charge on any atom is 0.573 e. The van der Waals surface area contributed by atoms with Gasteiger partial charge in [0.25, 0.3) is 0 Å². The van der Waals surface area contributed by atoms with E-state index in [9.17, 15) is 18.0 Å². The van der Waals surface area contributed by atoms with Crippen molar-refractivity contribution < 1.29 is 27.4 Å². The first kappa shape index (κ1) is 22.3. The van der Waals surface area contributed by atoms with Crippen LogP contribution >= 0.6 is 11.9 Å². The summed E-state index contributed by atoms with van der Waals surface area (Å²) in [6, 6.07) is 11.3. The lowest BCUT2D eigenvalue weighted by molar-refractivity contribution is -0.274. The second kappa shape index (κ2) is 9.61. The van der Waals surface area contributed by atoms with Gasteiger partial charge in [-0.3, -0.25) is 9.93 Å². The van der Waals surface area contributed by atoms with E-state index in [2.05, 4.69) is 10.1 Å². The summed E-state index contributed by atoms with van der Waals surface area (Å²) in [4.78, 5) is 13.9. The number of hydrogen-bond acceptors (Lipinski definition) is 5. The Bertz CT molecular complexity index is 892. The van der Waals surface area contributed by atoms with Gasteiger partial charge in [-0.15, -0.1) is 13.2 Å². The summed E-state index contributed by atoms with van der Waals surface area (Å²) >= 11 is 1.09. The number of benzene rings is 2. The Balaban J connectivity index is 1.83. The van der Waals surface area contributed by atoms with Crippen LogP contribution in [0.3, 0.4) is 0 Å². The van der Waals surface area contributed by atoms with Gasteiger partial charge in [-0.2, -0.15) is 0 Å². The summed E-state index contributed by atoms with van der Waals surface area (Å²) in [5.41, 5.74) is 1.36. The minimum atomic E-state index is -4.78. The minimum Gasteiger partial charge on any atom is -0.496 e. The molecule has 1 saturated carbocycles. The molecule has 1 amide bonds. The van der Waals surface area contributed by atoms with E-state index >= 15 is 0 Å². The summed E-state index contributed by atoms with van der Waals surface area (Å²) in [6.45, 7) is 0. The number of anilines is 1. The molecule has 30 heavy (non-hydrogen) atoms. The Hall–Kier alpha value is -2.39. The first-order valence-electron chi connectivity index (χ1n) is 9.52. The van der Waals surface area contributed by atoms with E-state index in [0.717, 1.165) is 36.1 Å². The Kier molecular flexibility index (Phi) is 7.14. The molecule has 0 saturated heterocycles. The molecule has 0 spiro atoms. The van der Waals surface area contributed by atoms with Crippen molar-refractivity contribution in [1.82, 2.24) is 0 Å². The maximum atomic E-state index is 13.0. The van der Waals surface area contributed by atoms with Gasteiger partial charge in [0.2, 0.25) is 5.91 Å². The van der Waals surface area contributed by atoms with Gasteiger partial charge >= 0.3 is 6.36 Å². The van der Waals surface area contributed by atoms with E-state index in [4.69, 9.17) is 9.88 Å². The molecule has 5 nitrogen and oxygen atoms in total. The maximum absolute atomic E-state index is 13.0. The number of nitrogens with two attached hydrogens (primary N) is 1. The van der Waals surface area contributed by atoms with E-state index in [1.54, 1.807) is 18.2 Å². The molecule has 0 heterocycles. The Morgan fingerprint density at radius 3 is 2.63 bits per heavy atom. The highest BCUT2D eigenvalue weighted by atomic mass is 32.2. The Labute approximate surface area is 177 Å². The average Bonchev–Trinajstić information content (AvgIpc) is 2.72. The van der Waals surface area contributed by atoms with Crippen molar-refractivity contribution in [3.8, 4) is 11.5 Å². The summed E-state index contributed by atoms with van der Waals surface area (Å²) < 4.78 is 46.9. The third-order valence-corrected chi connectivity index (χ3v) is 5.70. The molecule has 0 aromatic heterocycles. The molecule has 1 fully saturated rings. The first-order chi connectivity index (χ1) is 14.3. The van der Waals surface area contributed by atoms with Gasteiger partial charge in [-0.25, -0.2) is 0 Å². The Morgan fingerprint density at radius 1 is 1.17 bits per heavy atom. The molecule has 0 aliphatic heterocycles. The van der Waals surface area contributed by atoms with Crippen molar-refractivity contribution in [2.24, 2.45) is 11.1 Å². The van der Waals surface area contributed by atoms with Crippen molar-refractivity contribution in [2.75, 3.05) is 12.4 Å². The number of halogens is 3. The average molecular weight is 440 g/mol. The van der Waals surface area contributed by atoms with Crippen LogP contribution in [0.25, 0.3) is 0 Å². The van der Waals surface area contributed by atoms with Crippen LogP contribution in [0.15, 0.2) is 47.4 Å². The third-order valence-electron chi connectivity index (χ3n) is 5.18. The third kappa shape index (κ3) is 5.60. The fraction of sp³-hybridized carbons (Fsp3) is 0.381. The van der Waals surface area contributed by atoms with Gasteiger partial charge in [0.15, 0.2) is 0 Å². The normalized spacial score (nSPS) is 19.2. The van der Waals surface area contributed by atoms with Crippen LogP contribution < -0.4 is 19.9 Å². The fourth-order valence-corrected chi connectivity index (χ4v) is 4.25. The van der Waals surface area contributed by atoms with Crippen LogP contribution in [-0.4, -0.2) is 19.4 Å². The van der Waals surface area contributed by atoms with Gasteiger partial charge in [0, 0.05) is 22.6 Å². The van der Waals surface area contributed by atoms with E-state index in [1.165, 1.54) is 19.2 Å². The summed E-state index contributed by atoms with van der Waals surface area (Å²) in [7, 11) is 1.39. The largest absolute Gasteiger partial charge is 0.573 e. The molecule has 2 atom stereocenters. The zero-order valence-corrected chi connectivity index (χ0v) is 17.2. The highest BCUT2D eigenvalue weighted by Gasteiger charge is 2.35.